The molecular formula is C17H16N4O2S. The summed E-state index contributed by atoms with van der Waals surface area (Å²) in [6, 6.07) is 9.37. The van der Waals surface area contributed by atoms with Gasteiger partial charge in [0.1, 0.15) is 16.4 Å². The van der Waals surface area contributed by atoms with Crippen molar-refractivity contribution in [1.82, 2.24) is 20.3 Å². The van der Waals surface area contributed by atoms with Gasteiger partial charge in [0.05, 0.1) is 12.3 Å². The second-order valence-electron chi connectivity index (χ2n) is 5.10. The Labute approximate surface area is 143 Å². The van der Waals surface area contributed by atoms with Gasteiger partial charge >= 0.3 is 0 Å². The van der Waals surface area contributed by atoms with Gasteiger partial charge in [0.15, 0.2) is 0 Å². The molecule has 6 nitrogen and oxygen atoms in total. The van der Waals surface area contributed by atoms with Crippen molar-refractivity contribution < 1.29 is 9.90 Å². The number of nitrogens with one attached hydrogen (secondary N) is 1. The third kappa shape index (κ3) is 4.01. The maximum Gasteiger partial charge on any atom is 0.270 e. The van der Waals surface area contributed by atoms with E-state index in [0.717, 1.165) is 5.56 Å². The summed E-state index contributed by atoms with van der Waals surface area (Å²) in [5.41, 5.74) is 1.82. The molecule has 3 rings (SSSR count). The van der Waals surface area contributed by atoms with Crippen molar-refractivity contribution >= 4 is 17.2 Å². The Bertz CT molecular complexity index is 793. The predicted molar refractivity (Wildman–Crippen MR) is 91.5 cm³/mol. The maximum absolute atomic E-state index is 12.1. The van der Waals surface area contributed by atoms with E-state index in [1.54, 1.807) is 24.0 Å². The Hall–Kier alpha value is -2.64. The van der Waals surface area contributed by atoms with Gasteiger partial charge in [-0.25, -0.2) is 4.98 Å². The van der Waals surface area contributed by atoms with E-state index in [4.69, 9.17) is 0 Å². The third-order valence-corrected chi connectivity index (χ3v) is 4.27. The lowest BCUT2D eigenvalue weighted by molar-refractivity contribution is 0.0938. The van der Waals surface area contributed by atoms with E-state index >= 15 is 0 Å². The van der Waals surface area contributed by atoms with Gasteiger partial charge in [0.2, 0.25) is 0 Å². The van der Waals surface area contributed by atoms with Crippen LogP contribution in [0.15, 0.2) is 54.3 Å². The summed E-state index contributed by atoms with van der Waals surface area (Å²) >= 11 is 1.34. The molecule has 122 valence electrons. The molecule has 0 aliphatic carbocycles. The second-order valence-corrected chi connectivity index (χ2v) is 5.96. The highest BCUT2D eigenvalue weighted by Gasteiger charge is 2.13. The van der Waals surface area contributed by atoms with Gasteiger partial charge in [-0.05, 0) is 12.0 Å². The topological polar surface area (TPSA) is 88.0 Å². The molecule has 1 atom stereocenters. The Kier molecular flexibility index (Phi) is 5.25. The van der Waals surface area contributed by atoms with Crippen LogP contribution in [0.4, 0.5) is 0 Å². The van der Waals surface area contributed by atoms with Crippen LogP contribution < -0.4 is 5.32 Å². The van der Waals surface area contributed by atoms with Gasteiger partial charge < -0.3 is 10.4 Å². The summed E-state index contributed by atoms with van der Waals surface area (Å²) in [4.78, 5) is 24.6. The number of carbonyl (C=O) groups is 1. The molecule has 0 saturated carbocycles. The smallest absolute Gasteiger partial charge is 0.270 e. The summed E-state index contributed by atoms with van der Waals surface area (Å²) < 4.78 is 0. The quantitative estimate of drug-likeness (QED) is 0.720. The minimum absolute atomic E-state index is 0.262. The van der Waals surface area contributed by atoms with E-state index in [-0.39, 0.29) is 5.91 Å². The van der Waals surface area contributed by atoms with Crippen LogP contribution in [-0.2, 0) is 0 Å². The van der Waals surface area contributed by atoms with E-state index in [2.05, 4.69) is 20.3 Å². The van der Waals surface area contributed by atoms with E-state index in [0.29, 0.717) is 29.4 Å². The summed E-state index contributed by atoms with van der Waals surface area (Å²) in [7, 11) is 0. The molecule has 0 aliphatic rings. The third-order valence-electron chi connectivity index (χ3n) is 3.41. The number of aliphatic hydroxyl groups is 1. The molecule has 0 aliphatic heterocycles. The van der Waals surface area contributed by atoms with Crippen molar-refractivity contribution in [1.29, 1.82) is 0 Å². The zero-order valence-corrected chi connectivity index (χ0v) is 13.6. The highest BCUT2D eigenvalue weighted by Crippen LogP contribution is 2.20. The molecule has 24 heavy (non-hydrogen) atoms. The number of amides is 1. The number of aromatic nitrogens is 3. The highest BCUT2D eigenvalue weighted by molar-refractivity contribution is 7.13. The number of carbonyl (C=O) groups excluding carboxylic acids is 1. The van der Waals surface area contributed by atoms with Gasteiger partial charge in [-0.1, -0.05) is 30.3 Å². The summed E-state index contributed by atoms with van der Waals surface area (Å²) in [5, 5.41) is 15.2. The van der Waals surface area contributed by atoms with E-state index in [1.165, 1.54) is 11.3 Å². The SMILES string of the molecule is O=C(NCCC(O)c1ccccc1)c1csc(-c2cnccn2)n1. The Morgan fingerprint density at radius 1 is 1.25 bits per heavy atom. The number of hydrogen-bond donors (Lipinski definition) is 2. The zero-order valence-electron chi connectivity index (χ0n) is 12.8. The largest absolute Gasteiger partial charge is 0.388 e. The van der Waals surface area contributed by atoms with E-state index < -0.39 is 6.10 Å². The zero-order chi connectivity index (χ0) is 16.8. The summed E-state index contributed by atoms with van der Waals surface area (Å²) in [6.07, 6.45) is 4.62. The van der Waals surface area contributed by atoms with Gasteiger partial charge in [0, 0.05) is 24.3 Å². The molecule has 0 bridgehead atoms. The van der Waals surface area contributed by atoms with Crippen molar-refractivity contribution in [2.24, 2.45) is 0 Å². The number of hydrogen-bond acceptors (Lipinski definition) is 6. The van der Waals surface area contributed by atoms with Crippen LogP contribution in [0.3, 0.4) is 0 Å². The molecule has 1 amide bonds. The fourth-order valence-corrected chi connectivity index (χ4v) is 2.92. The molecule has 1 aromatic carbocycles. The van der Waals surface area contributed by atoms with Crippen LogP contribution in [0.5, 0.6) is 0 Å². The first kappa shape index (κ1) is 16.2. The normalized spacial score (nSPS) is 11.9. The number of rotatable bonds is 6. The maximum atomic E-state index is 12.1. The molecule has 3 aromatic rings. The van der Waals surface area contributed by atoms with Crippen molar-refractivity contribution in [2.75, 3.05) is 6.54 Å². The first-order chi connectivity index (χ1) is 11.7. The second kappa shape index (κ2) is 7.76. The first-order valence-electron chi connectivity index (χ1n) is 7.47. The Morgan fingerprint density at radius 2 is 2.08 bits per heavy atom. The lowest BCUT2D eigenvalue weighted by Crippen LogP contribution is -2.25. The molecular weight excluding hydrogens is 324 g/mol. The fourth-order valence-electron chi connectivity index (χ4n) is 2.16. The standard InChI is InChI=1S/C17H16N4O2S/c22-15(12-4-2-1-3-5-12)6-7-20-16(23)14-11-24-17(21-14)13-10-18-8-9-19-13/h1-5,8-11,15,22H,6-7H2,(H,20,23). The van der Waals surface area contributed by atoms with Crippen LogP contribution in [0.1, 0.15) is 28.6 Å². The van der Waals surface area contributed by atoms with Crippen LogP contribution in [0, 0.1) is 0 Å². The number of thiazole rings is 1. The van der Waals surface area contributed by atoms with Gasteiger partial charge in [-0.2, -0.15) is 0 Å². The number of nitrogens with zero attached hydrogens (tertiary/aromatic N) is 3. The monoisotopic (exact) mass is 340 g/mol. The van der Waals surface area contributed by atoms with E-state index in [1.807, 2.05) is 30.3 Å². The molecule has 0 spiro atoms. The average Bonchev–Trinajstić information content (AvgIpc) is 3.13. The Balaban J connectivity index is 1.53. The highest BCUT2D eigenvalue weighted by atomic mass is 32.1. The average molecular weight is 340 g/mol. The molecule has 0 saturated heterocycles. The lowest BCUT2D eigenvalue weighted by atomic mass is 10.1. The molecule has 7 heteroatoms. The molecule has 0 fully saturated rings. The first-order valence-corrected chi connectivity index (χ1v) is 8.35. The van der Waals surface area contributed by atoms with Crippen molar-refractivity contribution in [3.63, 3.8) is 0 Å². The van der Waals surface area contributed by atoms with Crippen molar-refractivity contribution in [2.45, 2.75) is 12.5 Å². The number of aliphatic hydroxyl groups excluding tert-OH is 1. The van der Waals surface area contributed by atoms with Crippen molar-refractivity contribution in [3.8, 4) is 10.7 Å². The van der Waals surface area contributed by atoms with Crippen LogP contribution in [0.2, 0.25) is 0 Å². The molecule has 0 radical (unpaired) electrons. The fraction of sp³-hybridized carbons (Fsp3) is 0.176. The number of benzene rings is 1. The van der Waals surface area contributed by atoms with Crippen LogP contribution in [-0.4, -0.2) is 32.5 Å². The van der Waals surface area contributed by atoms with Gasteiger partial charge in [-0.15, -0.1) is 11.3 Å². The lowest BCUT2D eigenvalue weighted by Gasteiger charge is -2.11. The molecule has 2 N–H and O–H groups in total. The van der Waals surface area contributed by atoms with Gasteiger partial charge in [-0.3, -0.25) is 14.8 Å². The van der Waals surface area contributed by atoms with Crippen molar-refractivity contribution in [3.05, 3.63) is 65.6 Å². The minimum Gasteiger partial charge on any atom is -0.388 e. The predicted octanol–water partition coefficient (Wildman–Crippen LogP) is 2.45. The summed E-state index contributed by atoms with van der Waals surface area (Å²) in [6.45, 7) is 0.368. The minimum atomic E-state index is -0.600. The van der Waals surface area contributed by atoms with E-state index in [9.17, 15) is 9.90 Å². The molecule has 2 heterocycles. The van der Waals surface area contributed by atoms with Gasteiger partial charge in [0.25, 0.3) is 5.91 Å². The Morgan fingerprint density at radius 3 is 2.83 bits per heavy atom. The van der Waals surface area contributed by atoms with Crippen LogP contribution in [0.25, 0.3) is 10.7 Å². The molecule has 1 unspecified atom stereocenters. The van der Waals surface area contributed by atoms with Crippen LogP contribution >= 0.6 is 11.3 Å². The molecule has 2 aromatic heterocycles. The summed E-state index contributed by atoms with van der Waals surface area (Å²) in [5.74, 6) is -0.262.